The van der Waals surface area contributed by atoms with Crippen molar-refractivity contribution in [2.45, 2.75) is 19.0 Å². The number of nitrogens with one attached hydrogen (secondary N) is 2. The summed E-state index contributed by atoms with van der Waals surface area (Å²) in [7, 11) is 0. The molecule has 4 nitrogen and oxygen atoms in total. The molecule has 0 radical (unpaired) electrons. The first-order valence-electron chi connectivity index (χ1n) is 4.49. The minimum Gasteiger partial charge on any atom is -0.355 e. The van der Waals surface area contributed by atoms with Crippen LogP contribution in [0.4, 0.5) is 13.2 Å². The Labute approximate surface area is 84.2 Å². The quantitative estimate of drug-likeness (QED) is 0.703. The first kappa shape index (κ1) is 11.8. The number of halogens is 3. The molecule has 7 heteroatoms. The summed E-state index contributed by atoms with van der Waals surface area (Å²) in [4.78, 5) is 21.9. The second kappa shape index (κ2) is 4.50. The zero-order chi connectivity index (χ0) is 11.5. The lowest BCUT2D eigenvalue weighted by Crippen LogP contribution is -2.45. The van der Waals surface area contributed by atoms with Crippen molar-refractivity contribution < 1.29 is 22.8 Å². The number of carbonyl (C=O) groups is 2. The van der Waals surface area contributed by atoms with Crippen LogP contribution in [0.1, 0.15) is 12.8 Å². The van der Waals surface area contributed by atoms with E-state index >= 15 is 0 Å². The Morgan fingerprint density at radius 1 is 1.53 bits per heavy atom. The zero-order valence-electron chi connectivity index (χ0n) is 7.86. The first-order valence-corrected chi connectivity index (χ1v) is 4.49. The smallest absolute Gasteiger partial charge is 0.355 e. The normalized spacial score (nSPS) is 22.1. The van der Waals surface area contributed by atoms with Crippen LogP contribution in [0.5, 0.6) is 0 Å². The third-order valence-corrected chi connectivity index (χ3v) is 2.10. The summed E-state index contributed by atoms with van der Waals surface area (Å²) < 4.78 is 35.3. The average Bonchev–Trinajstić information content (AvgIpc) is 2.14. The molecule has 0 saturated carbocycles. The molecule has 0 aromatic carbocycles. The number of piperidine rings is 1. The van der Waals surface area contributed by atoms with Crippen LogP contribution in [0, 0.1) is 5.92 Å². The summed E-state index contributed by atoms with van der Waals surface area (Å²) >= 11 is 0. The highest BCUT2D eigenvalue weighted by molar-refractivity contribution is 5.83. The molecule has 0 spiro atoms. The van der Waals surface area contributed by atoms with Crippen molar-refractivity contribution in [1.82, 2.24) is 10.6 Å². The van der Waals surface area contributed by atoms with E-state index in [0.717, 1.165) is 0 Å². The highest BCUT2D eigenvalue weighted by atomic mass is 19.4. The Hall–Kier alpha value is -1.27. The lowest BCUT2D eigenvalue weighted by Gasteiger charge is -2.21. The topological polar surface area (TPSA) is 58.2 Å². The van der Waals surface area contributed by atoms with E-state index in [4.69, 9.17) is 0 Å². The van der Waals surface area contributed by atoms with E-state index < -0.39 is 24.5 Å². The molecule has 0 bridgehead atoms. The molecular formula is C8H11F3N2O2. The van der Waals surface area contributed by atoms with Crippen LogP contribution in [0.3, 0.4) is 0 Å². The first-order chi connectivity index (χ1) is 6.88. The van der Waals surface area contributed by atoms with Crippen LogP contribution in [-0.4, -0.2) is 31.1 Å². The van der Waals surface area contributed by atoms with Gasteiger partial charge in [-0.2, -0.15) is 13.2 Å². The van der Waals surface area contributed by atoms with Crippen molar-refractivity contribution in [2.75, 3.05) is 13.1 Å². The number of alkyl halides is 3. The molecule has 0 aliphatic carbocycles. The van der Waals surface area contributed by atoms with Crippen LogP contribution in [-0.2, 0) is 9.59 Å². The Kier molecular flexibility index (Phi) is 3.54. The molecule has 15 heavy (non-hydrogen) atoms. The molecule has 1 aliphatic heterocycles. The van der Waals surface area contributed by atoms with Crippen LogP contribution in [0.25, 0.3) is 0 Å². The highest BCUT2D eigenvalue weighted by Crippen LogP contribution is 2.14. The third-order valence-electron chi connectivity index (χ3n) is 2.10. The molecule has 1 atom stereocenters. The second-order valence-electron chi connectivity index (χ2n) is 3.37. The van der Waals surface area contributed by atoms with E-state index in [1.807, 2.05) is 0 Å². The standard InChI is InChI=1S/C8H11F3N2O2/c9-8(10,11)4-13-7(15)5-1-2-6(14)12-3-5/h5H,1-4H2,(H,12,14)(H,13,15). The van der Waals surface area contributed by atoms with Gasteiger partial charge in [0.25, 0.3) is 0 Å². The predicted molar refractivity (Wildman–Crippen MR) is 44.8 cm³/mol. The SMILES string of the molecule is O=C1CCC(C(=O)NCC(F)(F)F)CN1. The zero-order valence-corrected chi connectivity index (χ0v) is 7.86. The Bertz CT molecular complexity index is 255. The largest absolute Gasteiger partial charge is 0.405 e. The van der Waals surface area contributed by atoms with E-state index in [1.165, 1.54) is 0 Å². The molecule has 0 aromatic rings. The summed E-state index contributed by atoms with van der Waals surface area (Å²) in [6.45, 7) is -1.21. The van der Waals surface area contributed by atoms with Crippen LogP contribution in [0.15, 0.2) is 0 Å². The Morgan fingerprint density at radius 2 is 2.20 bits per heavy atom. The van der Waals surface area contributed by atoms with Gasteiger partial charge in [0, 0.05) is 13.0 Å². The number of hydrogen-bond donors (Lipinski definition) is 2. The van der Waals surface area contributed by atoms with Gasteiger partial charge >= 0.3 is 6.18 Å². The van der Waals surface area contributed by atoms with Crippen molar-refractivity contribution in [3.8, 4) is 0 Å². The second-order valence-corrected chi connectivity index (χ2v) is 3.37. The van der Waals surface area contributed by atoms with E-state index in [9.17, 15) is 22.8 Å². The molecule has 1 rings (SSSR count). The summed E-state index contributed by atoms with van der Waals surface area (Å²) in [6, 6.07) is 0. The van der Waals surface area contributed by atoms with E-state index in [-0.39, 0.29) is 18.9 Å². The maximum atomic E-state index is 11.8. The summed E-state index contributed by atoms with van der Waals surface area (Å²) in [5, 5.41) is 4.22. The van der Waals surface area contributed by atoms with Gasteiger partial charge in [0.2, 0.25) is 11.8 Å². The minimum atomic E-state index is -4.40. The highest BCUT2D eigenvalue weighted by Gasteiger charge is 2.30. The minimum absolute atomic E-state index is 0.114. The number of hydrogen-bond acceptors (Lipinski definition) is 2. The van der Waals surface area contributed by atoms with Crippen molar-refractivity contribution in [1.29, 1.82) is 0 Å². The monoisotopic (exact) mass is 224 g/mol. The van der Waals surface area contributed by atoms with E-state index in [0.29, 0.717) is 6.42 Å². The fourth-order valence-corrected chi connectivity index (χ4v) is 1.29. The summed E-state index contributed by atoms with van der Waals surface area (Å²) in [5.74, 6) is -1.38. The van der Waals surface area contributed by atoms with Crippen molar-refractivity contribution in [3.05, 3.63) is 0 Å². The van der Waals surface area contributed by atoms with Crippen molar-refractivity contribution in [2.24, 2.45) is 5.92 Å². The van der Waals surface area contributed by atoms with Crippen molar-refractivity contribution in [3.63, 3.8) is 0 Å². The van der Waals surface area contributed by atoms with Gasteiger partial charge in [-0.05, 0) is 6.42 Å². The van der Waals surface area contributed by atoms with Crippen molar-refractivity contribution >= 4 is 11.8 Å². The molecule has 1 aliphatic rings. The predicted octanol–water partition coefficient (Wildman–Crippen LogP) is 0.191. The van der Waals surface area contributed by atoms with Gasteiger partial charge in [0.15, 0.2) is 0 Å². The van der Waals surface area contributed by atoms with Crippen LogP contribution in [0.2, 0.25) is 0 Å². The van der Waals surface area contributed by atoms with Gasteiger partial charge in [-0.1, -0.05) is 0 Å². The van der Waals surface area contributed by atoms with Gasteiger partial charge in [0.05, 0.1) is 5.92 Å². The number of carbonyl (C=O) groups excluding carboxylic acids is 2. The van der Waals surface area contributed by atoms with E-state index in [1.54, 1.807) is 5.32 Å². The molecule has 0 aromatic heterocycles. The van der Waals surface area contributed by atoms with Gasteiger partial charge in [-0.15, -0.1) is 0 Å². The van der Waals surface area contributed by atoms with Crippen LogP contribution < -0.4 is 10.6 Å². The molecule has 1 unspecified atom stereocenters. The fourth-order valence-electron chi connectivity index (χ4n) is 1.29. The van der Waals surface area contributed by atoms with Gasteiger partial charge < -0.3 is 10.6 Å². The van der Waals surface area contributed by atoms with E-state index in [2.05, 4.69) is 5.32 Å². The Morgan fingerprint density at radius 3 is 2.67 bits per heavy atom. The third kappa shape index (κ3) is 4.18. The molecule has 1 saturated heterocycles. The summed E-state index contributed by atoms with van der Waals surface area (Å²) in [6.07, 6.45) is -3.91. The summed E-state index contributed by atoms with van der Waals surface area (Å²) in [5.41, 5.74) is 0. The molecule has 2 N–H and O–H groups in total. The molecule has 2 amide bonds. The fraction of sp³-hybridized carbons (Fsp3) is 0.750. The number of amides is 2. The average molecular weight is 224 g/mol. The van der Waals surface area contributed by atoms with Gasteiger partial charge in [0.1, 0.15) is 6.54 Å². The van der Waals surface area contributed by atoms with Gasteiger partial charge in [-0.3, -0.25) is 9.59 Å². The number of rotatable bonds is 2. The molecular weight excluding hydrogens is 213 g/mol. The van der Waals surface area contributed by atoms with Gasteiger partial charge in [-0.25, -0.2) is 0 Å². The lowest BCUT2D eigenvalue weighted by molar-refractivity contribution is -0.141. The molecule has 86 valence electrons. The Balaban J connectivity index is 2.31. The molecule has 1 fully saturated rings. The maximum Gasteiger partial charge on any atom is 0.405 e. The molecule has 1 heterocycles. The van der Waals surface area contributed by atoms with Crippen LogP contribution >= 0.6 is 0 Å². The maximum absolute atomic E-state index is 11.8. The lowest BCUT2D eigenvalue weighted by atomic mass is 9.98.